The summed E-state index contributed by atoms with van der Waals surface area (Å²) in [4.78, 5) is 26.0. The SMILES string of the molecule is CCC(O)C1CCCCC(=O)c2c1oc(=O)c(C(c1ccccc1)C1CC1)c2O. The summed E-state index contributed by atoms with van der Waals surface area (Å²) in [5.74, 6) is -0.772. The summed E-state index contributed by atoms with van der Waals surface area (Å²) in [6, 6.07) is 9.64. The lowest BCUT2D eigenvalue weighted by atomic mass is 9.81. The number of hydrogen-bond acceptors (Lipinski definition) is 5. The minimum atomic E-state index is -0.721. The van der Waals surface area contributed by atoms with E-state index in [2.05, 4.69) is 0 Å². The third kappa shape index (κ3) is 3.76. The third-order valence-corrected chi connectivity index (χ3v) is 6.39. The quantitative estimate of drug-likeness (QED) is 0.777. The minimum absolute atomic E-state index is 0.110. The summed E-state index contributed by atoms with van der Waals surface area (Å²) in [6.07, 6.45) is 4.11. The molecule has 0 spiro atoms. The molecule has 154 valence electrons. The molecule has 3 unspecified atom stereocenters. The largest absolute Gasteiger partial charge is 0.506 e. The van der Waals surface area contributed by atoms with Gasteiger partial charge in [0, 0.05) is 18.3 Å². The number of fused-ring (bicyclic) bond motifs is 1. The topological polar surface area (TPSA) is 87.7 Å². The Morgan fingerprint density at radius 3 is 2.48 bits per heavy atom. The average molecular weight is 396 g/mol. The molecule has 0 amide bonds. The number of Topliss-reactive ketones (excluding diaryl/α,β-unsaturated/α-hetero) is 1. The Bertz CT molecular complexity index is 942. The zero-order chi connectivity index (χ0) is 20.5. The summed E-state index contributed by atoms with van der Waals surface area (Å²) in [6.45, 7) is 1.86. The van der Waals surface area contributed by atoms with Crippen LogP contribution in [0.15, 0.2) is 39.5 Å². The smallest absolute Gasteiger partial charge is 0.343 e. The second kappa shape index (κ2) is 8.15. The first-order chi connectivity index (χ1) is 14.0. The first kappa shape index (κ1) is 19.9. The highest BCUT2D eigenvalue weighted by atomic mass is 16.4. The van der Waals surface area contributed by atoms with Crippen LogP contribution in [0.2, 0.25) is 0 Å². The van der Waals surface area contributed by atoms with Gasteiger partial charge in [-0.25, -0.2) is 4.79 Å². The van der Waals surface area contributed by atoms with Crippen molar-refractivity contribution in [3.63, 3.8) is 0 Å². The number of carbonyl (C=O) groups is 1. The highest BCUT2D eigenvalue weighted by molar-refractivity contribution is 6.00. The number of hydrogen-bond donors (Lipinski definition) is 2. The minimum Gasteiger partial charge on any atom is -0.506 e. The molecule has 29 heavy (non-hydrogen) atoms. The normalized spacial score (nSPS) is 21.7. The zero-order valence-electron chi connectivity index (χ0n) is 16.8. The van der Waals surface area contributed by atoms with Crippen LogP contribution in [0.1, 0.15) is 91.0 Å². The number of carbonyl (C=O) groups excluding carboxylic acids is 1. The molecule has 0 aliphatic heterocycles. The number of aliphatic hydroxyl groups is 1. The van der Waals surface area contributed by atoms with Gasteiger partial charge in [0.1, 0.15) is 11.5 Å². The maximum atomic E-state index is 13.1. The van der Waals surface area contributed by atoms with E-state index in [9.17, 15) is 19.8 Å². The van der Waals surface area contributed by atoms with E-state index in [0.717, 1.165) is 24.8 Å². The Balaban J connectivity index is 1.91. The van der Waals surface area contributed by atoms with Crippen LogP contribution < -0.4 is 5.63 Å². The molecule has 2 aliphatic carbocycles. The lowest BCUT2D eigenvalue weighted by molar-refractivity contribution is 0.0936. The summed E-state index contributed by atoms with van der Waals surface area (Å²) in [5.41, 5.74) is 0.652. The van der Waals surface area contributed by atoms with Crippen molar-refractivity contribution >= 4 is 5.78 Å². The van der Waals surface area contributed by atoms with E-state index in [1.165, 1.54) is 0 Å². The molecular formula is C24H28O5. The van der Waals surface area contributed by atoms with Gasteiger partial charge in [-0.05, 0) is 43.6 Å². The van der Waals surface area contributed by atoms with Crippen molar-refractivity contribution in [2.75, 3.05) is 0 Å². The van der Waals surface area contributed by atoms with Crippen molar-refractivity contribution in [3.05, 3.63) is 63.2 Å². The summed E-state index contributed by atoms with van der Waals surface area (Å²) < 4.78 is 5.74. The molecule has 1 saturated carbocycles. The fourth-order valence-corrected chi connectivity index (χ4v) is 4.68. The van der Waals surface area contributed by atoms with Crippen LogP contribution in [-0.2, 0) is 0 Å². The lowest BCUT2D eigenvalue weighted by Crippen LogP contribution is -2.26. The maximum absolute atomic E-state index is 13.1. The van der Waals surface area contributed by atoms with Crippen molar-refractivity contribution in [2.24, 2.45) is 5.92 Å². The first-order valence-corrected chi connectivity index (χ1v) is 10.7. The van der Waals surface area contributed by atoms with E-state index in [0.29, 0.717) is 25.7 Å². The second-order valence-electron chi connectivity index (χ2n) is 8.37. The van der Waals surface area contributed by atoms with Gasteiger partial charge < -0.3 is 14.6 Å². The van der Waals surface area contributed by atoms with Crippen molar-refractivity contribution in [2.45, 2.75) is 69.8 Å². The fraction of sp³-hybridized carbons (Fsp3) is 0.500. The number of benzene rings is 1. The molecule has 0 saturated heterocycles. The predicted molar refractivity (Wildman–Crippen MR) is 109 cm³/mol. The second-order valence-corrected chi connectivity index (χ2v) is 8.37. The van der Waals surface area contributed by atoms with Gasteiger partial charge in [-0.3, -0.25) is 4.79 Å². The Morgan fingerprint density at radius 1 is 1.10 bits per heavy atom. The molecule has 2 aliphatic rings. The number of ketones is 1. The van der Waals surface area contributed by atoms with Gasteiger partial charge in [-0.15, -0.1) is 0 Å². The monoisotopic (exact) mass is 396 g/mol. The van der Waals surface area contributed by atoms with Crippen LogP contribution in [0.4, 0.5) is 0 Å². The Kier molecular flexibility index (Phi) is 5.59. The maximum Gasteiger partial charge on any atom is 0.343 e. The first-order valence-electron chi connectivity index (χ1n) is 10.7. The van der Waals surface area contributed by atoms with Gasteiger partial charge in [0.2, 0.25) is 0 Å². The highest BCUT2D eigenvalue weighted by Gasteiger charge is 2.40. The number of aromatic hydroxyl groups is 1. The van der Waals surface area contributed by atoms with Crippen molar-refractivity contribution in [1.82, 2.24) is 0 Å². The van der Waals surface area contributed by atoms with Crippen LogP contribution >= 0.6 is 0 Å². The fourth-order valence-electron chi connectivity index (χ4n) is 4.68. The van der Waals surface area contributed by atoms with E-state index in [4.69, 9.17) is 4.42 Å². The van der Waals surface area contributed by atoms with Gasteiger partial charge in [-0.1, -0.05) is 43.7 Å². The molecule has 3 atom stereocenters. The van der Waals surface area contributed by atoms with Gasteiger partial charge >= 0.3 is 5.63 Å². The molecular weight excluding hydrogens is 368 g/mol. The van der Waals surface area contributed by atoms with Gasteiger partial charge in [0.25, 0.3) is 0 Å². The zero-order valence-corrected chi connectivity index (χ0v) is 16.8. The van der Waals surface area contributed by atoms with Crippen molar-refractivity contribution in [1.29, 1.82) is 0 Å². The average Bonchev–Trinajstić information content (AvgIpc) is 3.54. The van der Waals surface area contributed by atoms with Gasteiger partial charge in [0.05, 0.1) is 17.2 Å². The van der Waals surface area contributed by atoms with E-state index in [-0.39, 0.29) is 40.3 Å². The molecule has 0 radical (unpaired) electrons. The third-order valence-electron chi connectivity index (χ3n) is 6.39. The van der Waals surface area contributed by atoms with Crippen LogP contribution in [0.25, 0.3) is 0 Å². The summed E-state index contributed by atoms with van der Waals surface area (Å²) in [7, 11) is 0. The van der Waals surface area contributed by atoms with Crippen LogP contribution in [0.3, 0.4) is 0 Å². The van der Waals surface area contributed by atoms with Crippen LogP contribution in [0.5, 0.6) is 5.75 Å². The highest BCUT2D eigenvalue weighted by Crippen LogP contribution is 2.49. The Labute approximate surface area is 170 Å². The molecule has 5 heteroatoms. The lowest BCUT2D eigenvalue weighted by Gasteiger charge is -2.27. The van der Waals surface area contributed by atoms with E-state index >= 15 is 0 Å². The van der Waals surface area contributed by atoms with Crippen LogP contribution in [0, 0.1) is 5.92 Å². The molecule has 0 bridgehead atoms. The summed E-state index contributed by atoms with van der Waals surface area (Å²) >= 11 is 0. The molecule has 1 aromatic carbocycles. The standard InChI is InChI=1S/C24H28O5/c1-2-17(25)16-10-6-7-11-18(26)20-22(27)21(24(28)29-23(16)20)19(15-12-13-15)14-8-4-3-5-9-14/h3-5,8-9,15-17,19,25,27H,2,6-7,10-13H2,1H3. The van der Waals surface area contributed by atoms with E-state index in [1.807, 2.05) is 37.3 Å². The Morgan fingerprint density at radius 2 is 1.83 bits per heavy atom. The van der Waals surface area contributed by atoms with Crippen LogP contribution in [-0.4, -0.2) is 22.1 Å². The number of aliphatic hydroxyl groups excluding tert-OH is 1. The molecule has 1 aromatic heterocycles. The molecule has 4 rings (SSSR count). The van der Waals surface area contributed by atoms with Gasteiger partial charge in [0.15, 0.2) is 5.78 Å². The predicted octanol–water partition coefficient (Wildman–Crippen LogP) is 4.50. The van der Waals surface area contributed by atoms with E-state index < -0.39 is 17.6 Å². The summed E-state index contributed by atoms with van der Waals surface area (Å²) in [5, 5.41) is 21.7. The molecule has 2 N–H and O–H groups in total. The van der Waals surface area contributed by atoms with Crippen molar-refractivity contribution in [3.8, 4) is 5.75 Å². The molecule has 1 heterocycles. The van der Waals surface area contributed by atoms with Gasteiger partial charge in [-0.2, -0.15) is 0 Å². The van der Waals surface area contributed by atoms with E-state index in [1.54, 1.807) is 0 Å². The number of rotatable bonds is 5. The molecule has 2 aromatic rings. The molecule has 1 fully saturated rings. The van der Waals surface area contributed by atoms with Crippen molar-refractivity contribution < 1.29 is 19.4 Å². The molecule has 5 nitrogen and oxygen atoms in total. The Hall–Kier alpha value is -2.40.